The summed E-state index contributed by atoms with van der Waals surface area (Å²) in [5, 5.41) is 9.21. The van der Waals surface area contributed by atoms with E-state index in [4.69, 9.17) is 0 Å². The largest absolute Gasteiger partial charge is 0.481 e. The number of carbonyl (C=O) groups is 1. The van der Waals surface area contributed by atoms with E-state index in [1.165, 1.54) is 6.26 Å². The molecule has 0 spiro atoms. The van der Waals surface area contributed by atoms with Gasteiger partial charge in [-0.15, -0.1) is 0 Å². The van der Waals surface area contributed by atoms with Crippen LogP contribution in [0.25, 0.3) is 16.1 Å². The first kappa shape index (κ1) is 18.2. The molecule has 0 saturated carbocycles. The number of halogens is 2. The number of benzene rings is 2. The van der Waals surface area contributed by atoms with Gasteiger partial charge in [0.2, 0.25) is 0 Å². The zero-order valence-electron chi connectivity index (χ0n) is 14.2. The number of carboxylic acids is 1. The fourth-order valence-corrected chi connectivity index (χ4v) is 4.29. The van der Waals surface area contributed by atoms with E-state index in [0.29, 0.717) is 38.3 Å². The smallest absolute Gasteiger partial charge is 0.307 e. The molecule has 1 atom stereocenters. The molecule has 0 aromatic heterocycles. The second-order valence-electron chi connectivity index (χ2n) is 6.01. The van der Waals surface area contributed by atoms with Gasteiger partial charge in [-0.05, 0) is 46.9 Å². The molecule has 6 heteroatoms. The van der Waals surface area contributed by atoms with Crippen LogP contribution in [0, 0.1) is 11.6 Å². The van der Waals surface area contributed by atoms with Gasteiger partial charge in [-0.1, -0.05) is 30.3 Å². The van der Waals surface area contributed by atoms with Crippen molar-refractivity contribution in [1.82, 2.24) is 0 Å². The van der Waals surface area contributed by atoms with E-state index in [0.717, 1.165) is 12.1 Å². The molecular formula is C20H16F2O3S. The highest BCUT2D eigenvalue weighted by Crippen LogP contribution is 2.47. The highest BCUT2D eigenvalue weighted by molar-refractivity contribution is 7.94. The maximum atomic E-state index is 13.9. The number of aliphatic carboxylic acids is 1. The highest BCUT2D eigenvalue weighted by atomic mass is 32.2. The fraction of sp³-hybridized carbons (Fsp3) is 0.150. The third kappa shape index (κ3) is 3.12. The van der Waals surface area contributed by atoms with Crippen LogP contribution >= 0.6 is 0 Å². The van der Waals surface area contributed by atoms with Gasteiger partial charge in [0.1, 0.15) is 0 Å². The SMILES string of the molecule is CC1=C(CC(=O)O)c2cc(F)c(F)cc2C1=C(c1ccccc1)S(C)=O. The van der Waals surface area contributed by atoms with Crippen LogP contribution in [0.4, 0.5) is 8.78 Å². The van der Waals surface area contributed by atoms with Gasteiger partial charge in [-0.3, -0.25) is 9.00 Å². The summed E-state index contributed by atoms with van der Waals surface area (Å²) in [4.78, 5) is 11.7. The first-order valence-corrected chi connectivity index (χ1v) is 9.42. The molecule has 0 fully saturated rings. The van der Waals surface area contributed by atoms with Crippen molar-refractivity contribution in [2.24, 2.45) is 0 Å². The minimum absolute atomic E-state index is 0.328. The molecule has 134 valence electrons. The van der Waals surface area contributed by atoms with Gasteiger partial charge >= 0.3 is 5.97 Å². The number of rotatable bonds is 4. The molecular weight excluding hydrogens is 358 g/mol. The maximum Gasteiger partial charge on any atom is 0.307 e. The Kier molecular flexibility index (Phi) is 4.87. The van der Waals surface area contributed by atoms with E-state index in [-0.39, 0.29) is 6.42 Å². The maximum absolute atomic E-state index is 13.9. The Morgan fingerprint density at radius 3 is 2.19 bits per heavy atom. The quantitative estimate of drug-likeness (QED) is 0.859. The Balaban J connectivity index is 2.40. The average Bonchev–Trinajstić information content (AvgIpc) is 2.82. The van der Waals surface area contributed by atoms with Crippen LogP contribution < -0.4 is 0 Å². The molecule has 1 N–H and O–H groups in total. The van der Waals surface area contributed by atoms with Crippen LogP contribution in [0.5, 0.6) is 0 Å². The van der Waals surface area contributed by atoms with Crippen LogP contribution in [-0.4, -0.2) is 21.5 Å². The summed E-state index contributed by atoms with van der Waals surface area (Å²) in [5.74, 6) is -3.14. The van der Waals surface area contributed by atoms with E-state index in [1.54, 1.807) is 31.2 Å². The molecule has 1 unspecified atom stereocenters. The first-order chi connectivity index (χ1) is 12.3. The molecule has 1 aliphatic rings. The molecule has 1 aliphatic carbocycles. The second kappa shape index (κ2) is 6.96. The minimum atomic E-state index is -1.43. The number of allylic oxidation sites excluding steroid dienone is 2. The number of hydrogen-bond donors (Lipinski definition) is 1. The molecule has 26 heavy (non-hydrogen) atoms. The van der Waals surface area contributed by atoms with Crippen LogP contribution in [0.15, 0.2) is 48.0 Å². The van der Waals surface area contributed by atoms with E-state index < -0.39 is 28.4 Å². The lowest BCUT2D eigenvalue weighted by atomic mass is 10.00. The van der Waals surface area contributed by atoms with Gasteiger partial charge in [0.25, 0.3) is 0 Å². The van der Waals surface area contributed by atoms with E-state index in [1.807, 2.05) is 6.07 Å². The van der Waals surface area contributed by atoms with Crippen molar-refractivity contribution >= 4 is 32.8 Å². The molecule has 0 amide bonds. The van der Waals surface area contributed by atoms with Crippen LogP contribution in [0.2, 0.25) is 0 Å². The van der Waals surface area contributed by atoms with Gasteiger partial charge in [0.15, 0.2) is 11.6 Å². The van der Waals surface area contributed by atoms with Gasteiger partial charge in [-0.2, -0.15) is 0 Å². The Bertz CT molecular complexity index is 992. The van der Waals surface area contributed by atoms with Crippen molar-refractivity contribution in [2.45, 2.75) is 13.3 Å². The van der Waals surface area contributed by atoms with Crippen LogP contribution in [0.1, 0.15) is 30.0 Å². The molecule has 0 heterocycles. The summed E-state index contributed by atoms with van der Waals surface area (Å²) in [6.07, 6.45) is 1.18. The third-order valence-electron chi connectivity index (χ3n) is 4.36. The molecule has 2 aromatic carbocycles. The third-order valence-corrected chi connectivity index (χ3v) is 5.38. The van der Waals surface area contributed by atoms with Crippen molar-refractivity contribution in [3.8, 4) is 0 Å². The zero-order valence-corrected chi connectivity index (χ0v) is 15.0. The summed E-state index contributed by atoms with van der Waals surface area (Å²) in [7, 11) is -1.43. The molecule has 3 nitrogen and oxygen atoms in total. The van der Waals surface area contributed by atoms with Gasteiger partial charge in [-0.25, -0.2) is 8.78 Å². The topological polar surface area (TPSA) is 54.4 Å². The normalized spacial score (nSPS) is 16.5. The zero-order chi connectivity index (χ0) is 19.0. The van der Waals surface area contributed by atoms with E-state index >= 15 is 0 Å². The predicted octanol–water partition coefficient (Wildman–Crippen LogP) is 4.47. The predicted molar refractivity (Wildman–Crippen MR) is 98.5 cm³/mol. The summed E-state index contributed by atoms with van der Waals surface area (Å²) >= 11 is 0. The average molecular weight is 374 g/mol. The first-order valence-electron chi connectivity index (χ1n) is 7.86. The van der Waals surface area contributed by atoms with Gasteiger partial charge in [0, 0.05) is 11.8 Å². The monoisotopic (exact) mass is 374 g/mol. The van der Waals surface area contributed by atoms with Crippen molar-refractivity contribution in [3.05, 3.63) is 76.4 Å². The van der Waals surface area contributed by atoms with Crippen LogP contribution in [0.3, 0.4) is 0 Å². The number of hydrogen-bond acceptors (Lipinski definition) is 2. The second-order valence-corrected chi connectivity index (χ2v) is 7.33. The Morgan fingerprint density at radius 1 is 1.08 bits per heavy atom. The van der Waals surface area contributed by atoms with E-state index in [9.17, 15) is 22.9 Å². The molecule has 3 rings (SSSR count). The summed E-state index contributed by atoms with van der Waals surface area (Å²) in [6.45, 7) is 1.69. The summed E-state index contributed by atoms with van der Waals surface area (Å²) < 4.78 is 40.2. The Morgan fingerprint density at radius 2 is 1.65 bits per heavy atom. The van der Waals surface area contributed by atoms with Crippen molar-refractivity contribution in [1.29, 1.82) is 0 Å². The van der Waals surface area contributed by atoms with Gasteiger partial charge in [0.05, 0.1) is 22.1 Å². The molecule has 0 saturated heterocycles. The van der Waals surface area contributed by atoms with Crippen molar-refractivity contribution < 1.29 is 22.9 Å². The highest BCUT2D eigenvalue weighted by Gasteiger charge is 2.30. The Labute approximate surface area is 152 Å². The number of carboxylic acid groups (broad SMARTS) is 1. The van der Waals surface area contributed by atoms with Crippen molar-refractivity contribution in [3.63, 3.8) is 0 Å². The fourth-order valence-electron chi connectivity index (χ4n) is 3.27. The molecule has 2 aromatic rings. The lowest BCUT2D eigenvalue weighted by molar-refractivity contribution is -0.135. The van der Waals surface area contributed by atoms with E-state index in [2.05, 4.69) is 0 Å². The summed E-state index contributed by atoms with van der Waals surface area (Å²) in [5.41, 5.74) is 2.86. The summed E-state index contributed by atoms with van der Waals surface area (Å²) in [6, 6.07) is 11.0. The lowest BCUT2D eigenvalue weighted by Gasteiger charge is -2.12. The standard InChI is InChI=1S/C20H16F2O3S/c1-11-13(10-18(23)24)14-8-16(21)17(22)9-15(14)19(11)20(26(2)25)12-6-4-3-5-7-12/h3-9H,10H2,1-2H3,(H,23,24). The molecule has 0 bridgehead atoms. The molecule has 0 aliphatic heterocycles. The van der Waals surface area contributed by atoms with Crippen LogP contribution in [-0.2, 0) is 15.6 Å². The lowest BCUT2D eigenvalue weighted by Crippen LogP contribution is -1.99. The Hall–Kier alpha value is -2.60. The molecule has 0 radical (unpaired) electrons. The van der Waals surface area contributed by atoms with Gasteiger partial charge < -0.3 is 5.11 Å². The number of fused-ring (bicyclic) bond motifs is 1. The minimum Gasteiger partial charge on any atom is -0.481 e. The van der Waals surface area contributed by atoms with Crippen molar-refractivity contribution in [2.75, 3.05) is 6.26 Å².